The van der Waals surface area contributed by atoms with Crippen molar-refractivity contribution in [1.82, 2.24) is 0 Å². The van der Waals surface area contributed by atoms with Crippen LogP contribution in [0, 0.1) is 0 Å². The Kier molecular flexibility index (Phi) is 6.73. The summed E-state index contributed by atoms with van der Waals surface area (Å²) in [6, 6.07) is 10.2. The zero-order valence-electron chi connectivity index (χ0n) is 12.6. The molecule has 0 unspecified atom stereocenters. The zero-order chi connectivity index (χ0) is 14.9. The molecule has 1 aliphatic heterocycles. The van der Waals surface area contributed by atoms with Gasteiger partial charge >= 0.3 is 0 Å². The van der Waals surface area contributed by atoms with Crippen LogP contribution in [0.15, 0.2) is 42.7 Å². The molecule has 0 aromatic heterocycles. The van der Waals surface area contributed by atoms with Crippen molar-refractivity contribution in [2.24, 2.45) is 0 Å². The van der Waals surface area contributed by atoms with E-state index in [9.17, 15) is 0 Å². The summed E-state index contributed by atoms with van der Waals surface area (Å²) in [5.41, 5.74) is 1.19. The summed E-state index contributed by atoms with van der Waals surface area (Å²) < 4.78 is 22.0. The maximum Gasteiger partial charge on any atom is 0.146 e. The quantitative estimate of drug-likeness (QED) is 0.544. The van der Waals surface area contributed by atoms with Gasteiger partial charge in [-0.3, -0.25) is 0 Å². The Morgan fingerprint density at radius 2 is 2.10 bits per heavy atom. The molecule has 0 amide bonds. The topological polar surface area (TPSA) is 36.9 Å². The van der Waals surface area contributed by atoms with E-state index in [1.165, 1.54) is 5.56 Å². The first kappa shape index (κ1) is 16.0. The first-order chi connectivity index (χ1) is 10.3. The van der Waals surface area contributed by atoms with Crippen LogP contribution in [0.1, 0.15) is 24.8 Å². The molecule has 1 heterocycles. The lowest BCUT2D eigenvalue weighted by Gasteiger charge is -2.31. The molecule has 1 aromatic carbocycles. The number of rotatable bonds is 8. The van der Waals surface area contributed by atoms with E-state index in [0.29, 0.717) is 20.0 Å². The SMILES string of the molecule is C=C1C[C@H](OCOC)C[C@@H](CCOCc2ccccc2)O1. The molecule has 1 fully saturated rings. The van der Waals surface area contributed by atoms with Crippen LogP contribution >= 0.6 is 0 Å². The Labute approximate surface area is 126 Å². The van der Waals surface area contributed by atoms with E-state index in [0.717, 1.165) is 25.0 Å². The predicted octanol–water partition coefficient (Wildman–Crippen LogP) is 3.28. The number of hydrogen-bond acceptors (Lipinski definition) is 4. The molecule has 2 atom stereocenters. The molecule has 21 heavy (non-hydrogen) atoms. The Morgan fingerprint density at radius 3 is 2.86 bits per heavy atom. The minimum Gasteiger partial charge on any atom is -0.495 e. The minimum atomic E-state index is 0.115. The van der Waals surface area contributed by atoms with Gasteiger partial charge in [0.1, 0.15) is 12.9 Å². The van der Waals surface area contributed by atoms with E-state index >= 15 is 0 Å². The average molecular weight is 292 g/mol. The highest BCUT2D eigenvalue weighted by molar-refractivity contribution is 5.13. The van der Waals surface area contributed by atoms with E-state index < -0.39 is 0 Å². The van der Waals surface area contributed by atoms with Gasteiger partial charge in [0.25, 0.3) is 0 Å². The van der Waals surface area contributed by atoms with Crippen molar-refractivity contribution in [3.63, 3.8) is 0 Å². The van der Waals surface area contributed by atoms with Gasteiger partial charge in [-0.05, 0) is 5.56 Å². The number of methoxy groups -OCH3 is 1. The fourth-order valence-corrected chi connectivity index (χ4v) is 2.41. The van der Waals surface area contributed by atoms with Gasteiger partial charge in [0.15, 0.2) is 0 Å². The fourth-order valence-electron chi connectivity index (χ4n) is 2.41. The molecular weight excluding hydrogens is 268 g/mol. The fraction of sp³-hybridized carbons (Fsp3) is 0.529. The molecule has 116 valence electrons. The molecule has 0 radical (unpaired) electrons. The molecule has 0 bridgehead atoms. The molecule has 1 aromatic rings. The van der Waals surface area contributed by atoms with Crippen molar-refractivity contribution in [3.05, 3.63) is 48.2 Å². The maximum absolute atomic E-state index is 5.75. The smallest absolute Gasteiger partial charge is 0.146 e. The summed E-state index contributed by atoms with van der Waals surface area (Å²) in [7, 11) is 1.63. The van der Waals surface area contributed by atoms with Crippen LogP contribution in [-0.4, -0.2) is 32.7 Å². The van der Waals surface area contributed by atoms with Crippen LogP contribution in [0.3, 0.4) is 0 Å². The third kappa shape index (κ3) is 5.87. The highest BCUT2D eigenvalue weighted by Gasteiger charge is 2.25. The lowest BCUT2D eigenvalue weighted by molar-refractivity contribution is -0.108. The van der Waals surface area contributed by atoms with Crippen molar-refractivity contribution in [1.29, 1.82) is 0 Å². The van der Waals surface area contributed by atoms with E-state index in [1.807, 2.05) is 18.2 Å². The van der Waals surface area contributed by atoms with Gasteiger partial charge in [-0.1, -0.05) is 36.9 Å². The molecule has 0 saturated carbocycles. The number of benzene rings is 1. The normalized spacial score (nSPS) is 22.0. The molecule has 1 aliphatic rings. The summed E-state index contributed by atoms with van der Waals surface area (Å²) in [5, 5.41) is 0. The molecule has 0 spiro atoms. The molecular formula is C17H24O4. The second kappa shape index (κ2) is 8.82. The molecule has 0 N–H and O–H groups in total. The summed E-state index contributed by atoms with van der Waals surface area (Å²) in [6.07, 6.45) is 2.69. The molecule has 0 aliphatic carbocycles. The van der Waals surface area contributed by atoms with Gasteiger partial charge in [0.05, 0.1) is 25.1 Å². The Bertz CT molecular complexity index is 418. The molecule has 4 heteroatoms. The Balaban J connectivity index is 1.66. The number of hydrogen-bond donors (Lipinski definition) is 0. The predicted molar refractivity (Wildman–Crippen MR) is 80.7 cm³/mol. The van der Waals surface area contributed by atoms with Gasteiger partial charge in [0, 0.05) is 26.4 Å². The Hall–Kier alpha value is -1.36. The Morgan fingerprint density at radius 1 is 1.29 bits per heavy atom. The van der Waals surface area contributed by atoms with Crippen LogP contribution in [0.2, 0.25) is 0 Å². The van der Waals surface area contributed by atoms with Crippen molar-refractivity contribution >= 4 is 0 Å². The molecule has 1 saturated heterocycles. The summed E-state index contributed by atoms with van der Waals surface area (Å²) >= 11 is 0. The van der Waals surface area contributed by atoms with Gasteiger partial charge < -0.3 is 18.9 Å². The third-order valence-electron chi connectivity index (χ3n) is 3.43. The van der Waals surface area contributed by atoms with Gasteiger partial charge in [-0.15, -0.1) is 0 Å². The van der Waals surface area contributed by atoms with Crippen LogP contribution in [0.4, 0.5) is 0 Å². The molecule has 2 rings (SSSR count). The number of ether oxygens (including phenoxy) is 4. The van der Waals surface area contributed by atoms with Crippen LogP contribution in [-0.2, 0) is 25.6 Å². The first-order valence-corrected chi connectivity index (χ1v) is 7.34. The van der Waals surface area contributed by atoms with E-state index in [4.69, 9.17) is 18.9 Å². The van der Waals surface area contributed by atoms with Gasteiger partial charge in [0.2, 0.25) is 0 Å². The highest BCUT2D eigenvalue weighted by Crippen LogP contribution is 2.25. The zero-order valence-corrected chi connectivity index (χ0v) is 12.6. The molecule has 4 nitrogen and oxygen atoms in total. The summed E-state index contributed by atoms with van der Waals surface area (Å²) in [4.78, 5) is 0. The van der Waals surface area contributed by atoms with Crippen molar-refractivity contribution < 1.29 is 18.9 Å². The maximum atomic E-state index is 5.75. The van der Waals surface area contributed by atoms with Crippen LogP contribution in [0.25, 0.3) is 0 Å². The van der Waals surface area contributed by atoms with E-state index in [1.54, 1.807) is 7.11 Å². The second-order valence-electron chi connectivity index (χ2n) is 5.24. The monoisotopic (exact) mass is 292 g/mol. The van der Waals surface area contributed by atoms with Crippen LogP contribution in [0.5, 0.6) is 0 Å². The van der Waals surface area contributed by atoms with E-state index in [-0.39, 0.29) is 12.2 Å². The largest absolute Gasteiger partial charge is 0.495 e. The van der Waals surface area contributed by atoms with Crippen molar-refractivity contribution in [2.75, 3.05) is 20.5 Å². The van der Waals surface area contributed by atoms with Crippen LogP contribution < -0.4 is 0 Å². The third-order valence-corrected chi connectivity index (χ3v) is 3.43. The van der Waals surface area contributed by atoms with Crippen molar-refractivity contribution in [2.45, 2.75) is 38.1 Å². The summed E-state index contributed by atoms with van der Waals surface area (Å²) in [5.74, 6) is 0.787. The lowest BCUT2D eigenvalue weighted by Crippen LogP contribution is -2.30. The van der Waals surface area contributed by atoms with E-state index in [2.05, 4.69) is 18.7 Å². The van der Waals surface area contributed by atoms with Gasteiger partial charge in [-0.2, -0.15) is 0 Å². The summed E-state index contributed by atoms with van der Waals surface area (Å²) in [6.45, 7) is 5.54. The minimum absolute atomic E-state index is 0.115. The standard InChI is InChI=1S/C17H24O4/c1-14-10-17(20-13-18-2)11-16(21-14)8-9-19-12-15-6-4-3-5-7-15/h3-7,16-17H,1,8-13H2,2H3/t16-,17+/m1/s1. The first-order valence-electron chi connectivity index (χ1n) is 7.34. The average Bonchev–Trinajstić information content (AvgIpc) is 2.50. The second-order valence-corrected chi connectivity index (χ2v) is 5.24. The lowest BCUT2D eigenvalue weighted by atomic mass is 10.0. The van der Waals surface area contributed by atoms with Gasteiger partial charge in [-0.25, -0.2) is 0 Å². The van der Waals surface area contributed by atoms with Crippen molar-refractivity contribution in [3.8, 4) is 0 Å². The highest BCUT2D eigenvalue weighted by atomic mass is 16.7.